The SMILES string of the molecule is Cc1c(-c2cc3cc(NC(=O)SC4CCOCC4)ncc3c(NC(=O)OC(C)(C)C)c2F)cnc2c1N(C(=O)O)CCO2. The van der Waals surface area contributed by atoms with Gasteiger partial charge >= 0.3 is 12.2 Å². The van der Waals surface area contributed by atoms with E-state index in [1.807, 2.05) is 0 Å². The summed E-state index contributed by atoms with van der Waals surface area (Å²) in [5.41, 5.74) is -0.0613. The van der Waals surface area contributed by atoms with Gasteiger partial charge in [0.2, 0.25) is 5.88 Å². The minimum absolute atomic E-state index is 0.0438. The molecular weight excluding hydrogens is 581 g/mol. The number of nitrogens with zero attached hydrogens (tertiary/aromatic N) is 3. The molecule has 3 amide bonds. The van der Waals surface area contributed by atoms with Crippen molar-refractivity contribution in [2.24, 2.45) is 0 Å². The Balaban J connectivity index is 1.58. The second kappa shape index (κ2) is 12.2. The number of rotatable bonds is 4. The quantitative estimate of drug-likeness (QED) is 0.301. The Bertz CT molecular complexity index is 1590. The second-order valence-electron chi connectivity index (χ2n) is 11.1. The van der Waals surface area contributed by atoms with E-state index in [0.717, 1.165) is 17.7 Å². The summed E-state index contributed by atoms with van der Waals surface area (Å²) in [4.78, 5) is 47.1. The molecule has 1 saturated heterocycles. The topological polar surface area (TPSA) is 152 Å². The van der Waals surface area contributed by atoms with Crippen LogP contribution in [0, 0.1) is 12.7 Å². The number of anilines is 3. The van der Waals surface area contributed by atoms with Crippen LogP contribution in [0.1, 0.15) is 39.2 Å². The van der Waals surface area contributed by atoms with Gasteiger partial charge in [-0.1, -0.05) is 11.8 Å². The van der Waals surface area contributed by atoms with Gasteiger partial charge in [-0.05, 0) is 63.6 Å². The smallest absolute Gasteiger partial charge is 0.412 e. The van der Waals surface area contributed by atoms with Crippen molar-refractivity contribution in [2.75, 3.05) is 41.9 Å². The number of thioether (sulfide) groups is 1. The molecule has 43 heavy (non-hydrogen) atoms. The molecule has 0 spiro atoms. The van der Waals surface area contributed by atoms with Crippen molar-refractivity contribution in [3.05, 3.63) is 35.9 Å². The van der Waals surface area contributed by atoms with E-state index in [1.165, 1.54) is 24.2 Å². The van der Waals surface area contributed by atoms with Crippen LogP contribution >= 0.6 is 11.8 Å². The summed E-state index contributed by atoms with van der Waals surface area (Å²) in [5, 5.41) is 15.6. The highest BCUT2D eigenvalue weighted by Gasteiger charge is 2.30. The number of ether oxygens (including phenoxy) is 3. The number of benzene rings is 1. The molecular formula is C29H32FN5O7S. The van der Waals surface area contributed by atoms with Crippen LogP contribution in [0.3, 0.4) is 0 Å². The number of hydrogen-bond acceptors (Lipinski definition) is 9. The van der Waals surface area contributed by atoms with Gasteiger partial charge in [-0.15, -0.1) is 0 Å². The van der Waals surface area contributed by atoms with Crippen LogP contribution < -0.4 is 20.3 Å². The van der Waals surface area contributed by atoms with Crippen molar-refractivity contribution in [3.8, 4) is 17.0 Å². The number of carbonyl (C=O) groups excluding carboxylic acids is 2. The van der Waals surface area contributed by atoms with Crippen LogP contribution in [0.2, 0.25) is 0 Å². The summed E-state index contributed by atoms with van der Waals surface area (Å²) in [6.07, 6.45) is 2.23. The molecule has 3 N–H and O–H groups in total. The molecule has 0 saturated carbocycles. The van der Waals surface area contributed by atoms with Crippen LogP contribution in [0.4, 0.5) is 36.0 Å². The Kier molecular flexibility index (Phi) is 8.60. The molecule has 3 aromatic rings. The molecule has 2 aliphatic rings. The van der Waals surface area contributed by atoms with Crippen molar-refractivity contribution in [1.82, 2.24) is 9.97 Å². The molecule has 2 aliphatic heterocycles. The lowest BCUT2D eigenvalue weighted by atomic mass is 9.96. The number of fused-ring (bicyclic) bond motifs is 2. The monoisotopic (exact) mass is 613 g/mol. The van der Waals surface area contributed by atoms with Gasteiger partial charge in [-0.25, -0.2) is 23.9 Å². The minimum atomic E-state index is -1.19. The number of halogens is 1. The molecule has 1 fully saturated rings. The van der Waals surface area contributed by atoms with Crippen LogP contribution in [0.5, 0.6) is 5.88 Å². The first-order valence-corrected chi connectivity index (χ1v) is 14.6. The van der Waals surface area contributed by atoms with Gasteiger partial charge in [0.25, 0.3) is 5.24 Å². The zero-order chi connectivity index (χ0) is 30.9. The molecule has 2 aromatic heterocycles. The summed E-state index contributed by atoms with van der Waals surface area (Å²) < 4.78 is 32.6. The van der Waals surface area contributed by atoms with Crippen molar-refractivity contribution in [1.29, 1.82) is 0 Å². The van der Waals surface area contributed by atoms with E-state index < -0.39 is 23.6 Å². The third kappa shape index (κ3) is 6.75. The molecule has 0 radical (unpaired) electrons. The highest BCUT2D eigenvalue weighted by molar-refractivity contribution is 8.14. The zero-order valence-corrected chi connectivity index (χ0v) is 25.0. The first-order chi connectivity index (χ1) is 20.4. The molecule has 0 unspecified atom stereocenters. The third-order valence-electron chi connectivity index (χ3n) is 6.88. The number of amides is 3. The Morgan fingerprint density at radius 1 is 1.09 bits per heavy atom. The van der Waals surface area contributed by atoms with Gasteiger partial charge in [0, 0.05) is 47.4 Å². The van der Waals surface area contributed by atoms with E-state index in [-0.39, 0.29) is 57.7 Å². The van der Waals surface area contributed by atoms with Gasteiger partial charge in [0.15, 0.2) is 5.82 Å². The highest BCUT2D eigenvalue weighted by Crippen LogP contribution is 2.42. The number of carbonyl (C=O) groups is 3. The lowest BCUT2D eigenvalue weighted by Crippen LogP contribution is -2.37. The van der Waals surface area contributed by atoms with E-state index in [1.54, 1.807) is 39.8 Å². The van der Waals surface area contributed by atoms with Crippen LogP contribution in [-0.4, -0.2) is 69.7 Å². The predicted molar refractivity (Wildman–Crippen MR) is 161 cm³/mol. The average molecular weight is 614 g/mol. The molecule has 228 valence electrons. The number of hydrogen-bond donors (Lipinski definition) is 3. The Labute approximate surface area is 251 Å². The Morgan fingerprint density at radius 3 is 2.53 bits per heavy atom. The van der Waals surface area contributed by atoms with Gasteiger partial charge in [0.1, 0.15) is 23.7 Å². The van der Waals surface area contributed by atoms with Crippen LogP contribution in [0.25, 0.3) is 21.9 Å². The Hall–Kier alpha value is -4.17. The van der Waals surface area contributed by atoms with Crippen molar-refractivity contribution < 1.29 is 38.1 Å². The largest absolute Gasteiger partial charge is 0.474 e. The Morgan fingerprint density at radius 2 is 1.84 bits per heavy atom. The summed E-state index contributed by atoms with van der Waals surface area (Å²) >= 11 is 1.18. The molecule has 12 nitrogen and oxygen atoms in total. The molecule has 1 aromatic carbocycles. The fraction of sp³-hybridized carbons (Fsp3) is 0.414. The maximum absolute atomic E-state index is 16.4. The zero-order valence-electron chi connectivity index (χ0n) is 24.2. The first-order valence-electron chi connectivity index (χ1n) is 13.7. The average Bonchev–Trinajstić information content (AvgIpc) is 2.94. The molecule has 14 heteroatoms. The van der Waals surface area contributed by atoms with Crippen molar-refractivity contribution in [2.45, 2.75) is 51.4 Å². The molecule has 4 heterocycles. The minimum Gasteiger partial charge on any atom is -0.474 e. The van der Waals surface area contributed by atoms with Crippen molar-refractivity contribution >= 4 is 57.2 Å². The number of aromatic nitrogens is 2. The fourth-order valence-electron chi connectivity index (χ4n) is 4.94. The maximum Gasteiger partial charge on any atom is 0.412 e. The molecule has 0 bridgehead atoms. The number of pyridine rings is 2. The van der Waals surface area contributed by atoms with Crippen molar-refractivity contribution in [3.63, 3.8) is 0 Å². The van der Waals surface area contributed by atoms with E-state index in [0.29, 0.717) is 29.7 Å². The highest BCUT2D eigenvalue weighted by atomic mass is 32.2. The third-order valence-corrected chi connectivity index (χ3v) is 8.00. The van der Waals surface area contributed by atoms with E-state index >= 15 is 4.39 Å². The molecule has 0 atom stereocenters. The summed E-state index contributed by atoms with van der Waals surface area (Å²) in [5.74, 6) is -0.432. The molecule has 5 rings (SSSR count). The first kappa shape index (κ1) is 30.3. The van der Waals surface area contributed by atoms with E-state index in [9.17, 15) is 19.5 Å². The van der Waals surface area contributed by atoms with Gasteiger partial charge in [-0.2, -0.15) is 0 Å². The second-order valence-corrected chi connectivity index (χ2v) is 12.4. The predicted octanol–water partition coefficient (Wildman–Crippen LogP) is 6.41. The lowest BCUT2D eigenvalue weighted by Gasteiger charge is -2.29. The fourth-order valence-corrected chi connectivity index (χ4v) is 5.84. The van der Waals surface area contributed by atoms with Crippen LogP contribution in [0.15, 0.2) is 24.5 Å². The van der Waals surface area contributed by atoms with Gasteiger partial charge < -0.3 is 24.6 Å². The summed E-state index contributed by atoms with van der Waals surface area (Å²) in [6.45, 7) is 8.13. The van der Waals surface area contributed by atoms with Crippen LogP contribution in [-0.2, 0) is 9.47 Å². The van der Waals surface area contributed by atoms with E-state index in [4.69, 9.17) is 14.2 Å². The normalized spacial score (nSPS) is 15.4. The standard InChI is InChI=1S/C29H32FN5O7S/c1-15-19(13-32-25-24(15)35(28(38)39)7-10-41-25)18-11-16-12-21(33-27(37)43-17-5-8-40-9-6-17)31-14-20(16)23(22(18)30)34-26(36)42-29(2,3)4/h11-14,17H,5-10H2,1-4H3,(H,34,36)(H,38,39)(H,31,33,37). The molecule has 0 aliphatic carbocycles. The lowest BCUT2D eigenvalue weighted by molar-refractivity contribution is 0.0635. The van der Waals surface area contributed by atoms with Gasteiger partial charge in [-0.3, -0.25) is 15.0 Å². The maximum atomic E-state index is 16.4. The summed E-state index contributed by atoms with van der Waals surface area (Å²) in [6, 6.07) is 3.12. The van der Waals surface area contributed by atoms with Gasteiger partial charge in [0.05, 0.1) is 12.2 Å². The number of nitrogens with one attached hydrogen (secondary N) is 2. The number of carboxylic acid groups (broad SMARTS) is 1. The van der Waals surface area contributed by atoms with E-state index in [2.05, 4.69) is 20.6 Å². The summed E-state index contributed by atoms with van der Waals surface area (Å²) in [7, 11) is 0.